The molecule has 2 aromatic rings. The van der Waals surface area contributed by atoms with Crippen molar-refractivity contribution in [3.8, 4) is 6.07 Å². The third-order valence-corrected chi connectivity index (χ3v) is 2.33. The van der Waals surface area contributed by atoms with Gasteiger partial charge in [-0.1, -0.05) is 12.1 Å². The highest BCUT2D eigenvalue weighted by atomic mass is 15.2. The normalized spacial score (nSPS) is 9.65. The van der Waals surface area contributed by atoms with Crippen LogP contribution in [0.1, 0.15) is 11.1 Å². The summed E-state index contributed by atoms with van der Waals surface area (Å²) in [6, 6.07) is 11.1. The van der Waals surface area contributed by atoms with Crippen molar-refractivity contribution in [3.05, 3.63) is 41.5 Å². The van der Waals surface area contributed by atoms with E-state index in [-0.39, 0.29) is 0 Å². The zero-order valence-corrected chi connectivity index (χ0v) is 9.31. The minimum atomic E-state index is 0.361. The van der Waals surface area contributed by atoms with E-state index < -0.39 is 0 Å². The van der Waals surface area contributed by atoms with Gasteiger partial charge in [0.2, 0.25) is 0 Å². The van der Waals surface area contributed by atoms with Gasteiger partial charge in [-0.25, -0.2) is 0 Å². The predicted octanol–water partition coefficient (Wildman–Crippen LogP) is 1.98. The molecule has 0 unspecified atom stereocenters. The Morgan fingerprint density at radius 1 is 1.24 bits per heavy atom. The minimum Gasteiger partial charge on any atom is -0.382 e. The molecule has 1 aromatic carbocycles. The number of nitrogens with one attached hydrogen (secondary N) is 1. The first-order valence-electron chi connectivity index (χ1n) is 5.06. The molecule has 0 radical (unpaired) electrons. The Hall–Kier alpha value is -2.61. The van der Waals surface area contributed by atoms with Crippen LogP contribution in [0.3, 0.4) is 0 Å². The summed E-state index contributed by atoms with van der Waals surface area (Å²) in [4.78, 5) is 0. The summed E-state index contributed by atoms with van der Waals surface area (Å²) in [5.41, 5.74) is 7.68. The van der Waals surface area contributed by atoms with E-state index in [0.717, 1.165) is 5.56 Å². The number of hydrogen-bond acceptors (Lipinski definition) is 5. The van der Waals surface area contributed by atoms with E-state index in [0.29, 0.717) is 22.9 Å². The highest BCUT2D eigenvalue weighted by molar-refractivity contribution is 5.66. The third-order valence-electron chi connectivity index (χ3n) is 2.33. The lowest BCUT2D eigenvalue weighted by Crippen LogP contribution is -2.00. The summed E-state index contributed by atoms with van der Waals surface area (Å²) in [5, 5.41) is 19.7. The number of aromatic nitrogens is 2. The molecule has 5 nitrogen and oxygen atoms in total. The first-order chi connectivity index (χ1) is 8.20. The minimum absolute atomic E-state index is 0.361. The van der Waals surface area contributed by atoms with Crippen molar-refractivity contribution in [1.82, 2.24) is 10.2 Å². The Morgan fingerprint density at radius 2 is 2.06 bits per heavy atom. The monoisotopic (exact) mass is 225 g/mol. The van der Waals surface area contributed by atoms with E-state index in [1.807, 2.05) is 25.1 Å². The topological polar surface area (TPSA) is 87.6 Å². The van der Waals surface area contributed by atoms with Crippen LogP contribution in [-0.4, -0.2) is 10.2 Å². The van der Waals surface area contributed by atoms with E-state index in [9.17, 15) is 0 Å². The molecule has 2 rings (SSSR count). The molecule has 84 valence electrons. The lowest BCUT2D eigenvalue weighted by molar-refractivity contribution is 1.05. The van der Waals surface area contributed by atoms with E-state index >= 15 is 0 Å². The molecule has 0 atom stereocenters. The van der Waals surface area contributed by atoms with Gasteiger partial charge >= 0.3 is 0 Å². The van der Waals surface area contributed by atoms with Gasteiger partial charge in [0.15, 0.2) is 5.82 Å². The summed E-state index contributed by atoms with van der Waals surface area (Å²) in [5.74, 6) is 0.918. The second kappa shape index (κ2) is 4.49. The molecule has 0 bridgehead atoms. The molecule has 0 aliphatic rings. The standard InChI is InChI=1S/C12H11N5/c1-8-3-2-4-10(9(8)7-13)15-12-6-5-11(14)16-17-12/h2-6H,1H3,(H2,14,16)(H,15,17). The van der Waals surface area contributed by atoms with Gasteiger partial charge in [-0.2, -0.15) is 5.26 Å². The van der Waals surface area contributed by atoms with E-state index in [2.05, 4.69) is 21.6 Å². The summed E-state index contributed by atoms with van der Waals surface area (Å²) in [6.07, 6.45) is 0. The zero-order chi connectivity index (χ0) is 12.3. The molecule has 0 spiro atoms. The largest absolute Gasteiger partial charge is 0.382 e. The van der Waals surface area contributed by atoms with Crippen molar-refractivity contribution in [1.29, 1.82) is 5.26 Å². The Balaban J connectivity index is 2.34. The van der Waals surface area contributed by atoms with Crippen LogP contribution in [0, 0.1) is 18.3 Å². The van der Waals surface area contributed by atoms with Crippen molar-refractivity contribution < 1.29 is 0 Å². The number of rotatable bonds is 2. The quantitative estimate of drug-likeness (QED) is 0.815. The van der Waals surface area contributed by atoms with Gasteiger partial charge in [0, 0.05) is 0 Å². The number of nitrogens with two attached hydrogens (primary N) is 1. The number of nitrogen functional groups attached to an aromatic ring is 1. The molecule has 1 heterocycles. The fraction of sp³-hybridized carbons (Fsp3) is 0.0833. The number of nitrogens with zero attached hydrogens (tertiary/aromatic N) is 3. The lowest BCUT2D eigenvalue weighted by atomic mass is 10.1. The highest BCUT2D eigenvalue weighted by Gasteiger charge is 2.05. The van der Waals surface area contributed by atoms with Crippen molar-refractivity contribution in [3.63, 3.8) is 0 Å². The molecule has 3 N–H and O–H groups in total. The summed E-state index contributed by atoms with van der Waals surface area (Å²) in [7, 11) is 0. The van der Waals surface area contributed by atoms with Gasteiger partial charge < -0.3 is 11.1 Å². The second-order valence-electron chi connectivity index (χ2n) is 3.58. The van der Waals surface area contributed by atoms with Gasteiger partial charge in [0.05, 0.1) is 11.3 Å². The number of nitriles is 1. The van der Waals surface area contributed by atoms with Crippen molar-refractivity contribution in [2.45, 2.75) is 6.92 Å². The van der Waals surface area contributed by atoms with Crippen LogP contribution < -0.4 is 11.1 Å². The van der Waals surface area contributed by atoms with Gasteiger partial charge in [0.25, 0.3) is 0 Å². The van der Waals surface area contributed by atoms with Crippen molar-refractivity contribution >= 4 is 17.3 Å². The van der Waals surface area contributed by atoms with Gasteiger partial charge in [-0.15, -0.1) is 10.2 Å². The number of aryl methyl sites for hydroxylation is 1. The molecular formula is C12H11N5. The Labute approximate surface area is 98.9 Å². The lowest BCUT2D eigenvalue weighted by Gasteiger charge is -2.08. The maximum absolute atomic E-state index is 9.08. The summed E-state index contributed by atoms with van der Waals surface area (Å²) < 4.78 is 0. The van der Waals surface area contributed by atoms with E-state index in [4.69, 9.17) is 11.0 Å². The SMILES string of the molecule is Cc1cccc(Nc2ccc(N)nn2)c1C#N. The average molecular weight is 225 g/mol. The number of anilines is 3. The molecule has 1 aromatic heterocycles. The number of hydrogen-bond donors (Lipinski definition) is 2. The maximum atomic E-state index is 9.08. The van der Waals surface area contributed by atoms with Crippen LogP contribution in [-0.2, 0) is 0 Å². The van der Waals surface area contributed by atoms with E-state index in [1.165, 1.54) is 0 Å². The average Bonchev–Trinajstić information content (AvgIpc) is 2.32. The van der Waals surface area contributed by atoms with Crippen LogP contribution in [0.5, 0.6) is 0 Å². The smallest absolute Gasteiger partial charge is 0.153 e. The van der Waals surface area contributed by atoms with Crippen molar-refractivity contribution in [2.75, 3.05) is 11.1 Å². The Morgan fingerprint density at radius 3 is 2.71 bits per heavy atom. The van der Waals surface area contributed by atoms with Crippen LogP contribution in [0.25, 0.3) is 0 Å². The highest BCUT2D eigenvalue weighted by Crippen LogP contribution is 2.21. The molecule has 0 saturated carbocycles. The summed E-state index contributed by atoms with van der Waals surface area (Å²) in [6.45, 7) is 1.89. The Bertz CT molecular complexity index is 568. The fourth-order valence-corrected chi connectivity index (χ4v) is 1.47. The van der Waals surface area contributed by atoms with Crippen LogP contribution in [0.4, 0.5) is 17.3 Å². The number of benzene rings is 1. The molecule has 0 aliphatic heterocycles. The summed E-state index contributed by atoms with van der Waals surface area (Å²) >= 11 is 0. The molecular weight excluding hydrogens is 214 g/mol. The van der Waals surface area contributed by atoms with Crippen LogP contribution >= 0.6 is 0 Å². The molecule has 5 heteroatoms. The predicted molar refractivity (Wildman–Crippen MR) is 65.6 cm³/mol. The van der Waals surface area contributed by atoms with Gasteiger partial charge in [0.1, 0.15) is 11.9 Å². The fourth-order valence-electron chi connectivity index (χ4n) is 1.47. The first kappa shape index (κ1) is 10.9. The molecule has 0 amide bonds. The van der Waals surface area contributed by atoms with Gasteiger partial charge in [-0.05, 0) is 30.7 Å². The maximum Gasteiger partial charge on any atom is 0.153 e. The van der Waals surface area contributed by atoms with E-state index in [1.54, 1.807) is 12.1 Å². The molecule has 17 heavy (non-hydrogen) atoms. The Kier molecular flexibility index (Phi) is 2.88. The van der Waals surface area contributed by atoms with Crippen molar-refractivity contribution in [2.24, 2.45) is 0 Å². The molecule has 0 aliphatic carbocycles. The van der Waals surface area contributed by atoms with Crippen LogP contribution in [0.2, 0.25) is 0 Å². The third kappa shape index (κ3) is 2.32. The van der Waals surface area contributed by atoms with Crippen LogP contribution in [0.15, 0.2) is 30.3 Å². The second-order valence-corrected chi connectivity index (χ2v) is 3.58. The zero-order valence-electron chi connectivity index (χ0n) is 9.31. The van der Waals surface area contributed by atoms with Gasteiger partial charge in [-0.3, -0.25) is 0 Å². The first-order valence-corrected chi connectivity index (χ1v) is 5.06. The molecule has 0 saturated heterocycles. The molecule has 0 fully saturated rings.